The lowest BCUT2D eigenvalue weighted by atomic mass is 10.0. The fourth-order valence-electron chi connectivity index (χ4n) is 2.65. The summed E-state index contributed by atoms with van der Waals surface area (Å²) in [6, 6.07) is 22.5. The van der Waals surface area contributed by atoms with Crippen molar-refractivity contribution in [2.45, 2.75) is 6.92 Å². The third kappa shape index (κ3) is 2.17. The second-order valence-electron chi connectivity index (χ2n) is 5.32. The molecule has 2 heterocycles. The number of hydrogen-bond donors (Lipinski definition) is 1. The molecule has 2 aromatic carbocycles. The van der Waals surface area contributed by atoms with E-state index in [-0.39, 0.29) is 0 Å². The van der Waals surface area contributed by atoms with Crippen LogP contribution in [0.3, 0.4) is 0 Å². The van der Waals surface area contributed by atoms with Gasteiger partial charge in [0, 0.05) is 22.5 Å². The average Bonchev–Trinajstić information content (AvgIpc) is 2.72. The molecule has 1 aliphatic heterocycles. The molecule has 3 nitrogen and oxygen atoms in total. The van der Waals surface area contributed by atoms with Gasteiger partial charge in [-0.1, -0.05) is 48.5 Å². The predicted octanol–water partition coefficient (Wildman–Crippen LogP) is 4.62. The zero-order valence-corrected chi connectivity index (χ0v) is 12.2. The first-order valence-corrected chi connectivity index (χ1v) is 7.29. The molecular weight excluding hydrogens is 270 g/mol. The zero-order chi connectivity index (χ0) is 14.9. The Morgan fingerprint density at radius 1 is 0.818 bits per heavy atom. The van der Waals surface area contributed by atoms with Gasteiger partial charge >= 0.3 is 0 Å². The Balaban J connectivity index is 2.00. The number of rotatable bonds is 1. The first-order valence-electron chi connectivity index (χ1n) is 7.29. The molecule has 0 fully saturated rings. The molecule has 106 valence electrons. The molecule has 0 saturated heterocycles. The molecule has 1 N–H and O–H groups in total. The molecule has 4 rings (SSSR count). The molecule has 0 bridgehead atoms. The number of aromatic nitrogens is 1. The molecule has 0 spiro atoms. The van der Waals surface area contributed by atoms with Crippen LogP contribution in [0.25, 0.3) is 0 Å². The van der Waals surface area contributed by atoms with Gasteiger partial charge in [-0.15, -0.1) is 0 Å². The van der Waals surface area contributed by atoms with Gasteiger partial charge in [-0.25, -0.2) is 9.98 Å². The standard InChI is InChI=1S/C19H15N3/c1-13-11-12-17-19(20-13)22-16-10-6-5-9-15(16)18(21-17)14-7-3-2-4-8-14/h2-12H,1H3,(H,20,22). The minimum Gasteiger partial charge on any atom is -0.338 e. The number of aliphatic imine (C=N–C) groups is 1. The Morgan fingerprint density at radius 2 is 1.59 bits per heavy atom. The van der Waals surface area contributed by atoms with Crippen molar-refractivity contribution in [2.24, 2.45) is 4.99 Å². The van der Waals surface area contributed by atoms with Crippen LogP contribution in [-0.2, 0) is 0 Å². The van der Waals surface area contributed by atoms with Crippen LogP contribution >= 0.6 is 0 Å². The van der Waals surface area contributed by atoms with Gasteiger partial charge in [0.2, 0.25) is 0 Å². The fraction of sp³-hybridized carbons (Fsp3) is 0.0526. The lowest BCUT2D eigenvalue weighted by Crippen LogP contribution is -2.04. The lowest BCUT2D eigenvalue weighted by Gasteiger charge is -2.10. The number of benzene rings is 2. The summed E-state index contributed by atoms with van der Waals surface area (Å²) in [5.41, 5.74) is 6.02. The maximum absolute atomic E-state index is 4.88. The van der Waals surface area contributed by atoms with Gasteiger partial charge < -0.3 is 5.32 Å². The summed E-state index contributed by atoms with van der Waals surface area (Å²) in [6.07, 6.45) is 0. The Bertz CT molecular complexity index is 867. The van der Waals surface area contributed by atoms with Gasteiger partial charge in [-0.2, -0.15) is 0 Å². The van der Waals surface area contributed by atoms with E-state index in [0.717, 1.165) is 39.7 Å². The molecule has 0 aliphatic carbocycles. The van der Waals surface area contributed by atoms with Gasteiger partial charge in [-0.3, -0.25) is 0 Å². The van der Waals surface area contributed by atoms with Gasteiger partial charge in [0.25, 0.3) is 0 Å². The summed E-state index contributed by atoms with van der Waals surface area (Å²) < 4.78 is 0. The van der Waals surface area contributed by atoms with Crippen LogP contribution in [0.5, 0.6) is 0 Å². The quantitative estimate of drug-likeness (QED) is 0.554. The molecule has 0 amide bonds. The monoisotopic (exact) mass is 285 g/mol. The maximum atomic E-state index is 4.88. The minimum atomic E-state index is 0.804. The van der Waals surface area contributed by atoms with E-state index < -0.39 is 0 Å². The molecule has 1 aromatic heterocycles. The summed E-state index contributed by atoms with van der Waals surface area (Å²) in [5, 5.41) is 3.42. The minimum absolute atomic E-state index is 0.804. The Kier molecular flexibility index (Phi) is 2.97. The van der Waals surface area contributed by atoms with E-state index in [9.17, 15) is 0 Å². The van der Waals surface area contributed by atoms with E-state index in [1.807, 2.05) is 49.4 Å². The summed E-state index contributed by atoms with van der Waals surface area (Å²) in [5.74, 6) is 0.804. The number of nitrogens with zero attached hydrogens (tertiary/aromatic N) is 2. The summed E-state index contributed by atoms with van der Waals surface area (Å²) >= 11 is 0. The van der Waals surface area contributed by atoms with E-state index in [1.54, 1.807) is 0 Å². The topological polar surface area (TPSA) is 37.3 Å². The van der Waals surface area contributed by atoms with Crippen LogP contribution in [0.4, 0.5) is 17.2 Å². The lowest BCUT2D eigenvalue weighted by molar-refractivity contribution is 1.19. The van der Waals surface area contributed by atoms with Crippen molar-refractivity contribution in [1.29, 1.82) is 0 Å². The highest BCUT2D eigenvalue weighted by Crippen LogP contribution is 2.34. The van der Waals surface area contributed by atoms with Crippen molar-refractivity contribution < 1.29 is 0 Å². The van der Waals surface area contributed by atoms with Gasteiger partial charge in [0.15, 0.2) is 5.82 Å². The van der Waals surface area contributed by atoms with E-state index >= 15 is 0 Å². The van der Waals surface area contributed by atoms with Crippen molar-refractivity contribution in [3.63, 3.8) is 0 Å². The molecule has 1 aliphatic rings. The second-order valence-corrected chi connectivity index (χ2v) is 5.32. The first-order chi connectivity index (χ1) is 10.8. The second kappa shape index (κ2) is 5.11. The number of aryl methyl sites for hydroxylation is 1. The normalized spacial score (nSPS) is 12.5. The van der Waals surface area contributed by atoms with Crippen molar-refractivity contribution in [1.82, 2.24) is 4.98 Å². The molecule has 3 heteroatoms. The largest absolute Gasteiger partial charge is 0.338 e. The SMILES string of the molecule is Cc1ccc2c(n1)Nc1ccccc1C(c1ccccc1)=N2. The molecule has 22 heavy (non-hydrogen) atoms. The molecule has 0 saturated carbocycles. The molecule has 0 unspecified atom stereocenters. The smallest absolute Gasteiger partial charge is 0.156 e. The summed E-state index contributed by atoms with van der Waals surface area (Å²) in [7, 11) is 0. The molecule has 3 aromatic rings. The van der Waals surface area contributed by atoms with Crippen LogP contribution in [0.2, 0.25) is 0 Å². The van der Waals surface area contributed by atoms with E-state index in [1.165, 1.54) is 0 Å². The number of hydrogen-bond acceptors (Lipinski definition) is 3. The Hall–Kier alpha value is -2.94. The third-order valence-corrected chi connectivity index (χ3v) is 3.73. The van der Waals surface area contributed by atoms with Crippen LogP contribution < -0.4 is 5.32 Å². The van der Waals surface area contributed by atoms with Crippen molar-refractivity contribution in [3.05, 3.63) is 83.6 Å². The fourth-order valence-corrected chi connectivity index (χ4v) is 2.65. The Morgan fingerprint density at radius 3 is 2.45 bits per heavy atom. The highest BCUT2D eigenvalue weighted by atomic mass is 15.0. The van der Waals surface area contributed by atoms with Crippen molar-refractivity contribution in [2.75, 3.05) is 5.32 Å². The maximum Gasteiger partial charge on any atom is 0.156 e. The number of anilines is 2. The van der Waals surface area contributed by atoms with Crippen molar-refractivity contribution >= 4 is 22.9 Å². The predicted molar refractivity (Wildman–Crippen MR) is 90.4 cm³/mol. The highest BCUT2D eigenvalue weighted by Gasteiger charge is 2.17. The number of pyridine rings is 1. The Labute approximate surface area is 129 Å². The highest BCUT2D eigenvalue weighted by molar-refractivity contribution is 6.18. The third-order valence-electron chi connectivity index (χ3n) is 3.73. The average molecular weight is 285 g/mol. The molecular formula is C19H15N3. The van der Waals surface area contributed by atoms with Crippen LogP contribution in [0.1, 0.15) is 16.8 Å². The number of nitrogens with one attached hydrogen (secondary N) is 1. The number of para-hydroxylation sites is 1. The molecule has 0 radical (unpaired) electrons. The van der Waals surface area contributed by atoms with Crippen molar-refractivity contribution in [3.8, 4) is 0 Å². The summed E-state index contributed by atoms with van der Waals surface area (Å²) in [4.78, 5) is 9.47. The van der Waals surface area contributed by atoms with Crippen LogP contribution in [0, 0.1) is 6.92 Å². The van der Waals surface area contributed by atoms with Gasteiger partial charge in [0.1, 0.15) is 5.69 Å². The van der Waals surface area contributed by atoms with E-state index in [4.69, 9.17) is 4.99 Å². The zero-order valence-electron chi connectivity index (χ0n) is 12.2. The molecule has 0 atom stereocenters. The van der Waals surface area contributed by atoms with Crippen LogP contribution in [-0.4, -0.2) is 10.7 Å². The van der Waals surface area contributed by atoms with E-state index in [2.05, 4.69) is 34.6 Å². The number of fused-ring (bicyclic) bond motifs is 2. The van der Waals surface area contributed by atoms with Gasteiger partial charge in [-0.05, 0) is 25.1 Å². The van der Waals surface area contributed by atoms with Gasteiger partial charge in [0.05, 0.1) is 5.71 Å². The first kappa shape index (κ1) is 12.8. The van der Waals surface area contributed by atoms with E-state index in [0.29, 0.717) is 0 Å². The summed E-state index contributed by atoms with van der Waals surface area (Å²) in [6.45, 7) is 1.99. The van der Waals surface area contributed by atoms with Crippen LogP contribution in [0.15, 0.2) is 71.7 Å².